The van der Waals surface area contributed by atoms with E-state index in [1.165, 1.54) is 5.56 Å². The van der Waals surface area contributed by atoms with E-state index in [1.54, 1.807) is 7.11 Å². The summed E-state index contributed by atoms with van der Waals surface area (Å²) in [6.07, 6.45) is 0.997. The number of ether oxygens (including phenoxy) is 2. The van der Waals surface area contributed by atoms with Gasteiger partial charge in [-0.05, 0) is 31.2 Å². The number of hydrogen-bond donors (Lipinski definition) is 3. The van der Waals surface area contributed by atoms with Gasteiger partial charge in [0.1, 0.15) is 0 Å². The average Bonchev–Trinajstić information content (AvgIpc) is 2.67. The fraction of sp³-hybridized carbons (Fsp3) is 0.300. The molecule has 0 radical (unpaired) electrons. The largest absolute Gasteiger partial charge is 0.493 e. The quantitative estimate of drug-likeness (QED) is 0.608. The molecule has 0 heterocycles. The van der Waals surface area contributed by atoms with Gasteiger partial charge in [0.05, 0.1) is 13.7 Å². The number of aliphatic carboxylic acids is 2. The fourth-order valence-corrected chi connectivity index (χ4v) is 2.37. The van der Waals surface area contributed by atoms with E-state index >= 15 is 0 Å². The maximum absolute atomic E-state index is 9.10. The second-order valence-corrected chi connectivity index (χ2v) is 5.69. The minimum absolute atomic E-state index is 0.419. The molecule has 0 aliphatic rings. The standard InChI is InChI=1S/C18H23NO2.C2H2O4/c1-19-13-16(12-15-8-4-3-5-9-15)14-21-18-11-7-6-10-17(18)20-2;3-1(4)2(5)6/h3-11,16,19H,12-14H2,1-2H3;(H,3,4)(H,5,6). The number of rotatable bonds is 8. The van der Waals surface area contributed by atoms with Crippen LogP contribution < -0.4 is 14.8 Å². The van der Waals surface area contributed by atoms with Crippen LogP contribution in [0.15, 0.2) is 54.6 Å². The molecule has 0 spiro atoms. The topological polar surface area (TPSA) is 105 Å². The Labute approximate surface area is 158 Å². The molecule has 0 amide bonds. The highest BCUT2D eigenvalue weighted by Crippen LogP contribution is 2.26. The molecular formula is C20H25NO6. The van der Waals surface area contributed by atoms with Gasteiger partial charge in [-0.25, -0.2) is 9.59 Å². The second-order valence-electron chi connectivity index (χ2n) is 5.69. The van der Waals surface area contributed by atoms with Crippen molar-refractivity contribution >= 4 is 11.9 Å². The van der Waals surface area contributed by atoms with Crippen molar-refractivity contribution in [1.82, 2.24) is 5.32 Å². The molecule has 0 saturated heterocycles. The van der Waals surface area contributed by atoms with Crippen LogP contribution in [-0.2, 0) is 16.0 Å². The molecule has 3 N–H and O–H groups in total. The SMILES string of the molecule is CNCC(COc1ccccc1OC)Cc1ccccc1.O=C(O)C(=O)O. The van der Waals surface area contributed by atoms with Gasteiger partial charge in [-0.2, -0.15) is 0 Å². The molecule has 0 saturated carbocycles. The number of carbonyl (C=O) groups is 2. The lowest BCUT2D eigenvalue weighted by atomic mass is 10.00. The van der Waals surface area contributed by atoms with Gasteiger partial charge in [0, 0.05) is 12.5 Å². The van der Waals surface area contributed by atoms with Crippen LogP contribution in [0.3, 0.4) is 0 Å². The smallest absolute Gasteiger partial charge is 0.414 e. The Kier molecular flexibility index (Phi) is 10.0. The van der Waals surface area contributed by atoms with E-state index in [9.17, 15) is 0 Å². The monoisotopic (exact) mass is 375 g/mol. The van der Waals surface area contributed by atoms with Gasteiger partial charge in [-0.3, -0.25) is 0 Å². The van der Waals surface area contributed by atoms with Gasteiger partial charge in [-0.15, -0.1) is 0 Å². The lowest BCUT2D eigenvalue weighted by Crippen LogP contribution is -2.26. The predicted molar refractivity (Wildman–Crippen MR) is 101 cm³/mol. The molecule has 1 atom stereocenters. The van der Waals surface area contributed by atoms with Crippen molar-refractivity contribution in [1.29, 1.82) is 0 Å². The first-order chi connectivity index (χ1) is 13.0. The first kappa shape index (κ1) is 22.0. The van der Waals surface area contributed by atoms with Gasteiger partial charge < -0.3 is 25.0 Å². The summed E-state index contributed by atoms with van der Waals surface area (Å²) in [5, 5.41) is 18.0. The zero-order valence-electron chi connectivity index (χ0n) is 15.4. The van der Waals surface area contributed by atoms with Crippen molar-refractivity contribution < 1.29 is 29.3 Å². The maximum atomic E-state index is 9.10. The molecule has 2 aromatic rings. The summed E-state index contributed by atoms with van der Waals surface area (Å²) in [5.74, 6) is -1.65. The van der Waals surface area contributed by atoms with Crippen molar-refractivity contribution in [2.45, 2.75) is 6.42 Å². The third-order valence-electron chi connectivity index (χ3n) is 3.59. The Bertz CT molecular complexity index is 693. The van der Waals surface area contributed by atoms with Crippen molar-refractivity contribution in [3.05, 3.63) is 60.2 Å². The van der Waals surface area contributed by atoms with Gasteiger partial charge in [0.2, 0.25) is 0 Å². The van der Waals surface area contributed by atoms with Crippen LogP contribution >= 0.6 is 0 Å². The number of para-hydroxylation sites is 2. The molecule has 0 aliphatic heterocycles. The fourth-order valence-electron chi connectivity index (χ4n) is 2.37. The Morgan fingerprint density at radius 1 is 0.963 bits per heavy atom. The normalized spacial score (nSPS) is 10.9. The Hall–Kier alpha value is -3.06. The van der Waals surface area contributed by atoms with Gasteiger partial charge in [0.25, 0.3) is 0 Å². The highest BCUT2D eigenvalue weighted by Gasteiger charge is 2.11. The summed E-state index contributed by atoms with van der Waals surface area (Å²) < 4.78 is 11.3. The highest BCUT2D eigenvalue weighted by molar-refractivity contribution is 6.27. The number of benzene rings is 2. The number of methoxy groups -OCH3 is 1. The van der Waals surface area contributed by atoms with Crippen LogP contribution in [0.4, 0.5) is 0 Å². The molecule has 7 heteroatoms. The third kappa shape index (κ3) is 8.73. The van der Waals surface area contributed by atoms with Crippen molar-refractivity contribution in [2.75, 3.05) is 27.3 Å². The Morgan fingerprint density at radius 2 is 1.52 bits per heavy atom. The summed E-state index contributed by atoms with van der Waals surface area (Å²) in [6, 6.07) is 18.3. The number of nitrogens with one attached hydrogen (secondary N) is 1. The summed E-state index contributed by atoms with van der Waals surface area (Å²) in [5.41, 5.74) is 1.33. The molecule has 27 heavy (non-hydrogen) atoms. The Balaban J connectivity index is 0.000000527. The molecule has 0 fully saturated rings. The lowest BCUT2D eigenvalue weighted by molar-refractivity contribution is -0.159. The number of carboxylic acids is 2. The first-order valence-electron chi connectivity index (χ1n) is 8.38. The van der Waals surface area contributed by atoms with E-state index < -0.39 is 11.9 Å². The van der Waals surface area contributed by atoms with Crippen LogP contribution in [-0.4, -0.2) is 49.5 Å². The van der Waals surface area contributed by atoms with E-state index in [1.807, 2.05) is 37.4 Å². The minimum atomic E-state index is -1.82. The maximum Gasteiger partial charge on any atom is 0.414 e. The van der Waals surface area contributed by atoms with E-state index in [0.717, 1.165) is 24.5 Å². The van der Waals surface area contributed by atoms with Crippen LogP contribution in [0.2, 0.25) is 0 Å². The highest BCUT2D eigenvalue weighted by atomic mass is 16.5. The molecule has 2 rings (SSSR count). The summed E-state index contributed by atoms with van der Waals surface area (Å²) >= 11 is 0. The summed E-state index contributed by atoms with van der Waals surface area (Å²) in [4.78, 5) is 18.2. The van der Waals surface area contributed by atoms with Crippen molar-refractivity contribution in [3.8, 4) is 11.5 Å². The minimum Gasteiger partial charge on any atom is -0.493 e. The zero-order valence-corrected chi connectivity index (χ0v) is 15.4. The zero-order chi connectivity index (χ0) is 20.1. The third-order valence-corrected chi connectivity index (χ3v) is 3.59. The number of hydrogen-bond acceptors (Lipinski definition) is 5. The van der Waals surface area contributed by atoms with Crippen LogP contribution in [0, 0.1) is 5.92 Å². The second kappa shape index (κ2) is 12.3. The van der Waals surface area contributed by atoms with E-state index in [2.05, 4.69) is 29.6 Å². The predicted octanol–water partition coefficient (Wildman–Crippen LogP) is 2.31. The van der Waals surface area contributed by atoms with Crippen LogP contribution in [0.1, 0.15) is 5.56 Å². The van der Waals surface area contributed by atoms with E-state index in [-0.39, 0.29) is 0 Å². The molecule has 146 valence electrons. The first-order valence-corrected chi connectivity index (χ1v) is 8.38. The molecule has 0 aromatic heterocycles. The Morgan fingerprint density at radius 3 is 2.04 bits per heavy atom. The van der Waals surface area contributed by atoms with Crippen LogP contribution in [0.5, 0.6) is 11.5 Å². The van der Waals surface area contributed by atoms with E-state index in [4.69, 9.17) is 29.3 Å². The van der Waals surface area contributed by atoms with Gasteiger partial charge >= 0.3 is 11.9 Å². The van der Waals surface area contributed by atoms with Gasteiger partial charge in [0.15, 0.2) is 11.5 Å². The molecule has 7 nitrogen and oxygen atoms in total. The van der Waals surface area contributed by atoms with E-state index in [0.29, 0.717) is 12.5 Å². The van der Waals surface area contributed by atoms with Crippen LogP contribution in [0.25, 0.3) is 0 Å². The summed E-state index contributed by atoms with van der Waals surface area (Å²) in [7, 11) is 3.64. The molecule has 0 bridgehead atoms. The number of carboxylic acid groups (broad SMARTS) is 2. The van der Waals surface area contributed by atoms with Crippen molar-refractivity contribution in [2.24, 2.45) is 5.92 Å². The molecule has 1 unspecified atom stereocenters. The molecule has 2 aromatic carbocycles. The lowest BCUT2D eigenvalue weighted by Gasteiger charge is -2.18. The van der Waals surface area contributed by atoms with Crippen molar-refractivity contribution in [3.63, 3.8) is 0 Å². The van der Waals surface area contributed by atoms with Gasteiger partial charge in [-0.1, -0.05) is 42.5 Å². The average molecular weight is 375 g/mol. The molecular weight excluding hydrogens is 350 g/mol. The summed E-state index contributed by atoms with van der Waals surface area (Å²) in [6.45, 7) is 1.58. The molecule has 0 aliphatic carbocycles.